The fraction of sp³-hybridized carbons (Fsp3) is 0.0222. The highest BCUT2D eigenvalue weighted by atomic mass is 15.1. The molecule has 0 radical (unpaired) electrons. The summed E-state index contributed by atoms with van der Waals surface area (Å²) in [6.07, 6.45) is 0. The summed E-state index contributed by atoms with van der Waals surface area (Å²) in [4.78, 5) is 2.34. The molecule has 1 aliphatic carbocycles. The van der Waals surface area contributed by atoms with Crippen molar-refractivity contribution in [3.05, 3.63) is 210 Å². The Morgan fingerprint density at radius 1 is 0.391 bits per heavy atom. The summed E-state index contributed by atoms with van der Waals surface area (Å²) in [5.41, 5.74) is 12.2. The summed E-state index contributed by atoms with van der Waals surface area (Å²) in [6.45, 7) is 0. The van der Waals surface area contributed by atoms with Crippen molar-refractivity contribution in [2.75, 3.05) is 4.90 Å². The molecule has 46 heavy (non-hydrogen) atoms. The molecule has 7 aromatic carbocycles. The summed E-state index contributed by atoms with van der Waals surface area (Å²) < 4.78 is 0. The molecular weight excluding hydrogens is 555 g/mol. The second kappa shape index (κ2) is 11.8. The Kier molecular flexibility index (Phi) is 7.02. The van der Waals surface area contributed by atoms with Gasteiger partial charge in [-0.2, -0.15) is 0 Å². The zero-order valence-electron chi connectivity index (χ0n) is 25.3. The third kappa shape index (κ3) is 4.78. The number of anilines is 3. The molecule has 0 fully saturated rings. The number of para-hydroxylation sites is 1. The summed E-state index contributed by atoms with van der Waals surface area (Å²) >= 11 is 0. The van der Waals surface area contributed by atoms with Crippen LogP contribution in [0, 0.1) is 11.8 Å². The van der Waals surface area contributed by atoms with Gasteiger partial charge in [0.2, 0.25) is 0 Å². The van der Waals surface area contributed by atoms with Gasteiger partial charge < -0.3 is 4.90 Å². The Morgan fingerprint density at radius 3 is 1.63 bits per heavy atom. The molecule has 8 rings (SSSR count). The van der Waals surface area contributed by atoms with Crippen LogP contribution in [0.5, 0.6) is 0 Å². The second-order valence-corrected chi connectivity index (χ2v) is 11.6. The molecular formula is C45H31N. The predicted octanol–water partition coefficient (Wildman–Crippen LogP) is 11.2. The van der Waals surface area contributed by atoms with Crippen LogP contribution in [-0.4, -0.2) is 0 Å². The van der Waals surface area contributed by atoms with Crippen molar-refractivity contribution in [3.63, 3.8) is 0 Å². The number of rotatable bonds is 5. The van der Waals surface area contributed by atoms with Gasteiger partial charge in [-0.25, -0.2) is 0 Å². The lowest BCUT2D eigenvalue weighted by Gasteiger charge is -2.29. The number of hydrogen-bond donors (Lipinski definition) is 0. The lowest BCUT2D eigenvalue weighted by Crippen LogP contribution is -2.25. The van der Waals surface area contributed by atoms with E-state index < -0.39 is 5.41 Å². The molecule has 7 aromatic rings. The van der Waals surface area contributed by atoms with Crippen molar-refractivity contribution < 1.29 is 0 Å². The molecule has 0 amide bonds. The average Bonchev–Trinajstić information content (AvgIpc) is 3.43. The summed E-state index contributed by atoms with van der Waals surface area (Å²) in [6, 6.07) is 66.7. The lowest BCUT2D eigenvalue weighted by atomic mass is 9.73. The van der Waals surface area contributed by atoms with E-state index in [1.807, 2.05) is 18.2 Å². The van der Waals surface area contributed by atoms with Crippen molar-refractivity contribution in [1.82, 2.24) is 0 Å². The van der Waals surface area contributed by atoms with Crippen LogP contribution in [0.3, 0.4) is 0 Å². The van der Waals surface area contributed by atoms with E-state index in [4.69, 9.17) is 0 Å². The molecule has 0 aromatic heterocycles. The smallest absolute Gasteiger partial charge is 0.108 e. The first-order chi connectivity index (χ1) is 22.8. The second-order valence-electron chi connectivity index (χ2n) is 11.6. The van der Waals surface area contributed by atoms with Gasteiger partial charge in [-0.3, -0.25) is 0 Å². The molecule has 0 saturated heterocycles. The molecule has 1 heteroatoms. The molecule has 1 unspecified atom stereocenters. The van der Waals surface area contributed by atoms with Crippen LogP contribution < -0.4 is 4.90 Å². The van der Waals surface area contributed by atoms with Gasteiger partial charge in [0, 0.05) is 22.6 Å². The SMILES string of the molecule is C(#CC1(c2ccccc2)c2ccccc2-c2cc(N(c3ccccc3)c3ccc(-c4ccccc4)cc3)ccc21)c1ccccc1. The van der Waals surface area contributed by atoms with Crippen LogP contribution >= 0.6 is 0 Å². The van der Waals surface area contributed by atoms with Gasteiger partial charge in [0.1, 0.15) is 5.41 Å². The highest BCUT2D eigenvalue weighted by Gasteiger charge is 2.43. The molecule has 216 valence electrons. The van der Waals surface area contributed by atoms with Crippen molar-refractivity contribution in [1.29, 1.82) is 0 Å². The quantitative estimate of drug-likeness (QED) is 0.182. The fourth-order valence-corrected chi connectivity index (χ4v) is 6.76. The highest BCUT2D eigenvalue weighted by molar-refractivity contribution is 5.90. The molecule has 1 nitrogen and oxygen atoms in total. The fourth-order valence-electron chi connectivity index (χ4n) is 6.76. The number of nitrogens with zero attached hydrogens (tertiary/aromatic N) is 1. The summed E-state index contributed by atoms with van der Waals surface area (Å²) in [5.74, 6) is 7.37. The van der Waals surface area contributed by atoms with Crippen molar-refractivity contribution in [2.45, 2.75) is 5.41 Å². The van der Waals surface area contributed by atoms with Crippen LogP contribution in [-0.2, 0) is 5.41 Å². The maximum Gasteiger partial charge on any atom is 0.108 e. The van der Waals surface area contributed by atoms with Crippen molar-refractivity contribution >= 4 is 17.1 Å². The average molecular weight is 586 g/mol. The van der Waals surface area contributed by atoms with Crippen LogP contribution in [0.4, 0.5) is 17.1 Å². The minimum Gasteiger partial charge on any atom is -0.310 e. The third-order valence-corrected chi connectivity index (χ3v) is 8.91. The zero-order chi connectivity index (χ0) is 30.8. The van der Waals surface area contributed by atoms with Crippen LogP contribution in [0.15, 0.2) is 188 Å². The first-order valence-electron chi connectivity index (χ1n) is 15.7. The number of hydrogen-bond acceptors (Lipinski definition) is 1. The van der Waals surface area contributed by atoms with E-state index in [0.29, 0.717) is 0 Å². The van der Waals surface area contributed by atoms with E-state index in [-0.39, 0.29) is 0 Å². The molecule has 0 bridgehead atoms. The van der Waals surface area contributed by atoms with Crippen LogP contribution in [0.25, 0.3) is 22.3 Å². The Balaban J connectivity index is 1.32. The Hall–Kier alpha value is -6.10. The summed E-state index contributed by atoms with van der Waals surface area (Å²) in [5, 5.41) is 0. The monoisotopic (exact) mass is 585 g/mol. The minimum absolute atomic E-state index is 0.601. The van der Waals surface area contributed by atoms with Gasteiger partial charge in [0.25, 0.3) is 0 Å². The van der Waals surface area contributed by atoms with E-state index in [0.717, 1.165) is 22.6 Å². The van der Waals surface area contributed by atoms with E-state index in [1.165, 1.54) is 38.9 Å². The van der Waals surface area contributed by atoms with Crippen molar-refractivity contribution in [3.8, 4) is 34.1 Å². The molecule has 1 aliphatic rings. The molecule has 0 spiro atoms. The normalized spacial score (nSPS) is 14.4. The van der Waals surface area contributed by atoms with Gasteiger partial charge >= 0.3 is 0 Å². The molecule has 0 heterocycles. The Morgan fingerprint density at radius 2 is 0.913 bits per heavy atom. The lowest BCUT2D eigenvalue weighted by molar-refractivity contribution is 0.837. The zero-order valence-corrected chi connectivity index (χ0v) is 25.3. The largest absolute Gasteiger partial charge is 0.310 e. The van der Waals surface area contributed by atoms with Crippen molar-refractivity contribution in [2.24, 2.45) is 0 Å². The van der Waals surface area contributed by atoms with Gasteiger partial charge in [-0.05, 0) is 87.5 Å². The number of benzene rings is 7. The molecule has 0 saturated carbocycles. The van der Waals surface area contributed by atoms with Gasteiger partial charge in [-0.1, -0.05) is 151 Å². The van der Waals surface area contributed by atoms with Gasteiger partial charge in [0.15, 0.2) is 0 Å². The number of fused-ring (bicyclic) bond motifs is 3. The maximum atomic E-state index is 3.81. The van der Waals surface area contributed by atoms with E-state index >= 15 is 0 Å². The maximum absolute atomic E-state index is 3.81. The standard InChI is InChI=1S/C45H31N/c1-5-15-34(16-6-1)31-32-45(37-19-9-3-10-20-37)43-24-14-13-23-41(43)42-33-40(29-30-44(42)45)46(38-21-11-4-12-22-38)39-27-25-36(26-28-39)35-17-7-2-8-18-35/h1-30,33H. The van der Waals surface area contributed by atoms with E-state index in [2.05, 4.69) is 187 Å². The molecule has 1 atom stereocenters. The Labute approximate surface area is 271 Å². The molecule has 0 aliphatic heterocycles. The minimum atomic E-state index is -0.601. The first kappa shape index (κ1) is 27.4. The molecule has 0 N–H and O–H groups in total. The summed E-state index contributed by atoms with van der Waals surface area (Å²) in [7, 11) is 0. The van der Waals surface area contributed by atoms with Gasteiger partial charge in [-0.15, -0.1) is 0 Å². The van der Waals surface area contributed by atoms with E-state index in [1.54, 1.807) is 0 Å². The third-order valence-electron chi connectivity index (χ3n) is 8.91. The first-order valence-corrected chi connectivity index (χ1v) is 15.7. The van der Waals surface area contributed by atoms with Crippen LogP contribution in [0.1, 0.15) is 22.3 Å². The van der Waals surface area contributed by atoms with E-state index in [9.17, 15) is 0 Å². The van der Waals surface area contributed by atoms with Gasteiger partial charge in [0.05, 0.1) is 0 Å². The van der Waals surface area contributed by atoms with Crippen LogP contribution in [0.2, 0.25) is 0 Å². The highest BCUT2D eigenvalue weighted by Crippen LogP contribution is 2.53. The topological polar surface area (TPSA) is 3.24 Å². The predicted molar refractivity (Wildman–Crippen MR) is 192 cm³/mol. The Bertz CT molecular complexity index is 2180.